The standard InChI is InChI=1S/C23H17ClF2N2O5/c24-16-11-14(25)9-10-18(16)27-22(30)13-33-23(31)15-5-1-4-8-20(15)32-12-21(29)28-19-7-3-2-6-17(19)26/h1-11H,12-13H2,(H,27,30)(H,28,29). The molecule has 10 heteroatoms. The molecule has 0 aliphatic rings. The zero-order valence-electron chi connectivity index (χ0n) is 16.9. The number of amides is 2. The maximum atomic E-state index is 13.6. The van der Waals surface area contributed by atoms with Crippen LogP contribution in [0.2, 0.25) is 5.02 Å². The number of carbonyl (C=O) groups is 3. The number of ether oxygens (including phenoxy) is 2. The van der Waals surface area contributed by atoms with Crippen molar-refractivity contribution >= 4 is 40.8 Å². The van der Waals surface area contributed by atoms with Crippen LogP contribution in [0.3, 0.4) is 0 Å². The smallest absolute Gasteiger partial charge is 0.342 e. The fourth-order valence-corrected chi connectivity index (χ4v) is 2.85. The number of nitrogens with one attached hydrogen (secondary N) is 2. The highest BCUT2D eigenvalue weighted by Gasteiger charge is 2.17. The average molecular weight is 475 g/mol. The molecule has 2 amide bonds. The molecule has 2 N–H and O–H groups in total. The van der Waals surface area contributed by atoms with E-state index < -0.39 is 42.6 Å². The van der Waals surface area contributed by atoms with Gasteiger partial charge in [-0.3, -0.25) is 9.59 Å². The molecule has 0 saturated carbocycles. The predicted octanol–water partition coefficient (Wildman–Crippen LogP) is 4.43. The Kier molecular flexibility index (Phi) is 7.93. The molecule has 0 aliphatic heterocycles. The SMILES string of the molecule is O=C(COc1ccccc1C(=O)OCC(=O)Nc1ccc(F)cc1Cl)Nc1ccccc1F. The van der Waals surface area contributed by atoms with Gasteiger partial charge < -0.3 is 20.1 Å². The van der Waals surface area contributed by atoms with Crippen LogP contribution < -0.4 is 15.4 Å². The number of para-hydroxylation sites is 2. The van der Waals surface area contributed by atoms with E-state index in [1.165, 1.54) is 36.4 Å². The summed E-state index contributed by atoms with van der Waals surface area (Å²) < 4.78 is 37.1. The lowest BCUT2D eigenvalue weighted by molar-refractivity contribution is -0.119. The van der Waals surface area contributed by atoms with Crippen molar-refractivity contribution in [3.05, 3.63) is 89.0 Å². The molecule has 170 valence electrons. The molecule has 0 radical (unpaired) electrons. The van der Waals surface area contributed by atoms with Gasteiger partial charge in [0.05, 0.1) is 16.4 Å². The molecule has 0 unspecified atom stereocenters. The number of rotatable bonds is 8. The summed E-state index contributed by atoms with van der Waals surface area (Å²) in [6, 6.07) is 15.0. The van der Waals surface area contributed by atoms with Crippen LogP contribution in [-0.2, 0) is 14.3 Å². The summed E-state index contributed by atoms with van der Waals surface area (Å²) in [5.74, 6) is -3.34. The molecule has 0 aliphatic carbocycles. The second kappa shape index (κ2) is 11.1. The van der Waals surface area contributed by atoms with Crippen molar-refractivity contribution in [3.8, 4) is 5.75 Å². The van der Waals surface area contributed by atoms with Crippen LogP contribution in [0.15, 0.2) is 66.7 Å². The van der Waals surface area contributed by atoms with E-state index in [9.17, 15) is 23.2 Å². The van der Waals surface area contributed by atoms with Gasteiger partial charge in [0.15, 0.2) is 13.2 Å². The first-order chi connectivity index (χ1) is 15.8. The second-order valence-corrected chi connectivity index (χ2v) is 6.97. The molecule has 0 aromatic heterocycles. The third-order valence-electron chi connectivity index (χ3n) is 4.15. The summed E-state index contributed by atoms with van der Waals surface area (Å²) in [6.45, 7) is -1.14. The quantitative estimate of drug-likeness (QED) is 0.471. The zero-order chi connectivity index (χ0) is 23.8. The van der Waals surface area contributed by atoms with Gasteiger partial charge in [-0.1, -0.05) is 35.9 Å². The molecule has 0 spiro atoms. The number of hydrogen-bond donors (Lipinski definition) is 2. The van der Waals surface area contributed by atoms with Gasteiger partial charge >= 0.3 is 5.97 Å². The Hall–Kier alpha value is -3.98. The van der Waals surface area contributed by atoms with Crippen molar-refractivity contribution in [1.29, 1.82) is 0 Å². The Morgan fingerprint density at radius 1 is 0.818 bits per heavy atom. The lowest BCUT2D eigenvalue weighted by Gasteiger charge is -2.12. The molecule has 0 bridgehead atoms. The van der Waals surface area contributed by atoms with E-state index in [2.05, 4.69) is 10.6 Å². The highest BCUT2D eigenvalue weighted by molar-refractivity contribution is 6.33. The molecular formula is C23H17ClF2N2O5. The van der Waals surface area contributed by atoms with Crippen LogP contribution in [-0.4, -0.2) is 31.0 Å². The molecule has 3 rings (SSSR count). The fourth-order valence-electron chi connectivity index (χ4n) is 2.64. The molecular weight excluding hydrogens is 458 g/mol. The molecule has 0 atom stereocenters. The van der Waals surface area contributed by atoms with Gasteiger partial charge in [0.25, 0.3) is 11.8 Å². The lowest BCUT2D eigenvalue weighted by atomic mass is 10.2. The Balaban J connectivity index is 1.55. The van der Waals surface area contributed by atoms with Gasteiger partial charge in [-0.05, 0) is 42.5 Å². The average Bonchev–Trinajstić information content (AvgIpc) is 2.79. The van der Waals surface area contributed by atoms with E-state index in [-0.39, 0.29) is 27.7 Å². The predicted molar refractivity (Wildman–Crippen MR) is 117 cm³/mol. The van der Waals surface area contributed by atoms with Crippen molar-refractivity contribution in [2.24, 2.45) is 0 Å². The Bertz CT molecular complexity index is 1190. The maximum absolute atomic E-state index is 13.6. The molecule has 0 fully saturated rings. The molecule has 3 aromatic carbocycles. The van der Waals surface area contributed by atoms with E-state index in [0.717, 1.165) is 12.1 Å². The van der Waals surface area contributed by atoms with Gasteiger partial charge in [-0.2, -0.15) is 0 Å². The summed E-state index contributed by atoms with van der Waals surface area (Å²) in [5.41, 5.74) is 0.124. The Morgan fingerprint density at radius 3 is 2.24 bits per heavy atom. The van der Waals surface area contributed by atoms with Crippen molar-refractivity contribution < 1.29 is 32.6 Å². The van der Waals surface area contributed by atoms with Gasteiger partial charge in [0, 0.05) is 0 Å². The van der Waals surface area contributed by atoms with Crippen LogP contribution in [0.5, 0.6) is 5.75 Å². The van der Waals surface area contributed by atoms with Crippen LogP contribution in [0.25, 0.3) is 0 Å². The van der Waals surface area contributed by atoms with Crippen molar-refractivity contribution in [1.82, 2.24) is 0 Å². The first-order valence-electron chi connectivity index (χ1n) is 9.51. The van der Waals surface area contributed by atoms with E-state index in [0.29, 0.717) is 0 Å². The molecule has 3 aromatic rings. The molecule has 0 heterocycles. The van der Waals surface area contributed by atoms with Crippen LogP contribution >= 0.6 is 11.6 Å². The number of carbonyl (C=O) groups excluding carboxylic acids is 3. The number of esters is 1. The molecule has 33 heavy (non-hydrogen) atoms. The largest absolute Gasteiger partial charge is 0.483 e. The lowest BCUT2D eigenvalue weighted by Crippen LogP contribution is -2.23. The Labute approximate surface area is 192 Å². The summed E-state index contributed by atoms with van der Waals surface area (Å²) in [4.78, 5) is 36.5. The first-order valence-corrected chi connectivity index (χ1v) is 9.89. The Morgan fingerprint density at radius 2 is 1.48 bits per heavy atom. The van der Waals surface area contributed by atoms with Gasteiger partial charge in [-0.25, -0.2) is 13.6 Å². The number of anilines is 2. The fraction of sp³-hybridized carbons (Fsp3) is 0.0870. The van der Waals surface area contributed by atoms with Crippen molar-refractivity contribution in [2.75, 3.05) is 23.8 Å². The van der Waals surface area contributed by atoms with Gasteiger partial charge in [0.2, 0.25) is 0 Å². The third-order valence-corrected chi connectivity index (χ3v) is 4.47. The highest BCUT2D eigenvalue weighted by Crippen LogP contribution is 2.23. The topological polar surface area (TPSA) is 93.7 Å². The number of benzene rings is 3. The maximum Gasteiger partial charge on any atom is 0.342 e. The van der Waals surface area contributed by atoms with Crippen molar-refractivity contribution in [2.45, 2.75) is 0 Å². The minimum atomic E-state index is -0.875. The van der Waals surface area contributed by atoms with Crippen molar-refractivity contribution in [3.63, 3.8) is 0 Å². The van der Waals surface area contributed by atoms with E-state index >= 15 is 0 Å². The third kappa shape index (κ3) is 6.75. The number of hydrogen-bond acceptors (Lipinski definition) is 5. The van der Waals surface area contributed by atoms with E-state index in [1.54, 1.807) is 18.2 Å². The monoisotopic (exact) mass is 474 g/mol. The highest BCUT2D eigenvalue weighted by atomic mass is 35.5. The van der Waals surface area contributed by atoms with Crippen LogP contribution in [0.1, 0.15) is 10.4 Å². The second-order valence-electron chi connectivity index (χ2n) is 6.56. The molecule has 0 saturated heterocycles. The zero-order valence-corrected chi connectivity index (χ0v) is 17.7. The summed E-state index contributed by atoms with van der Waals surface area (Å²) in [7, 11) is 0. The van der Waals surface area contributed by atoms with Gasteiger partial charge in [-0.15, -0.1) is 0 Å². The minimum absolute atomic E-state index is 0.00827. The van der Waals surface area contributed by atoms with E-state index in [4.69, 9.17) is 21.1 Å². The summed E-state index contributed by atoms with van der Waals surface area (Å²) >= 11 is 5.84. The normalized spacial score (nSPS) is 10.3. The summed E-state index contributed by atoms with van der Waals surface area (Å²) in [6.07, 6.45) is 0. The van der Waals surface area contributed by atoms with Crippen LogP contribution in [0, 0.1) is 11.6 Å². The number of halogens is 3. The minimum Gasteiger partial charge on any atom is -0.483 e. The van der Waals surface area contributed by atoms with E-state index in [1.807, 2.05) is 0 Å². The first kappa shape index (κ1) is 23.7. The molecule has 7 nitrogen and oxygen atoms in total. The summed E-state index contributed by atoms with van der Waals surface area (Å²) in [5, 5.41) is 4.74. The van der Waals surface area contributed by atoms with Gasteiger partial charge in [0.1, 0.15) is 22.9 Å². The van der Waals surface area contributed by atoms with Crippen LogP contribution in [0.4, 0.5) is 20.2 Å².